The number of halogens is 1. The number of hydrogen-bond acceptors (Lipinski definition) is 4. The van der Waals surface area contributed by atoms with E-state index in [0.29, 0.717) is 18.3 Å². The van der Waals surface area contributed by atoms with E-state index in [4.69, 9.17) is 11.6 Å². The fraction of sp³-hybridized carbons (Fsp3) is 0.526. The van der Waals surface area contributed by atoms with Crippen LogP contribution in [-0.4, -0.2) is 21.6 Å². The van der Waals surface area contributed by atoms with Gasteiger partial charge in [0.15, 0.2) is 6.29 Å². The van der Waals surface area contributed by atoms with Gasteiger partial charge in [-0.15, -0.1) is 0 Å². The Morgan fingerprint density at radius 1 is 1.21 bits per heavy atom. The molecule has 0 fully saturated rings. The van der Waals surface area contributed by atoms with Gasteiger partial charge in [0.25, 0.3) is 0 Å². The fourth-order valence-electron chi connectivity index (χ4n) is 2.47. The molecule has 4 nitrogen and oxygen atoms in total. The van der Waals surface area contributed by atoms with Gasteiger partial charge in [-0.05, 0) is 44.6 Å². The van der Waals surface area contributed by atoms with Crippen LogP contribution in [0.1, 0.15) is 74.5 Å². The third-order valence-corrected chi connectivity index (χ3v) is 4.31. The van der Waals surface area contributed by atoms with Gasteiger partial charge in [0.1, 0.15) is 11.5 Å². The summed E-state index contributed by atoms with van der Waals surface area (Å²) in [6, 6.07) is 0. The topological polar surface area (TPSA) is 77.8 Å². The number of carbonyl (C=O) groups is 1. The molecule has 2 atom stereocenters. The van der Waals surface area contributed by atoms with Crippen LogP contribution in [-0.2, 0) is 0 Å². The van der Waals surface area contributed by atoms with Gasteiger partial charge in [0, 0.05) is 0 Å². The highest BCUT2D eigenvalue weighted by Crippen LogP contribution is 2.44. The highest BCUT2D eigenvalue weighted by Gasteiger charge is 2.26. The van der Waals surface area contributed by atoms with Crippen LogP contribution in [0.25, 0.3) is 0 Å². The van der Waals surface area contributed by atoms with Gasteiger partial charge in [-0.2, -0.15) is 0 Å². The van der Waals surface area contributed by atoms with Crippen LogP contribution in [0, 0.1) is 12.8 Å². The molecule has 0 bridgehead atoms. The second-order valence-corrected chi connectivity index (χ2v) is 5.96. The molecule has 0 spiro atoms. The monoisotopic (exact) mass is 356 g/mol. The Morgan fingerprint density at radius 3 is 2.29 bits per heavy atom. The molecule has 24 heavy (non-hydrogen) atoms. The molecule has 5 heteroatoms. The maximum Gasteiger partial charge on any atom is 0.154 e. The lowest BCUT2D eigenvalue weighted by molar-refractivity contribution is 0.111. The van der Waals surface area contributed by atoms with E-state index in [1.54, 1.807) is 0 Å². The van der Waals surface area contributed by atoms with Crippen molar-refractivity contribution in [3.8, 4) is 11.5 Å². The Morgan fingerprint density at radius 2 is 1.79 bits per heavy atom. The SMILES string of the molecule is C/C=C/CCC(C)CC(O)c1c(O)c(Cl)c(C)c(C=O)c1O.CC. The molecule has 0 aliphatic rings. The first-order valence-corrected chi connectivity index (χ1v) is 8.71. The number of aliphatic hydroxyl groups is 1. The average Bonchev–Trinajstić information content (AvgIpc) is 2.55. The Balaban J connectivity index is 0.00000254. The first-order valence-electron chi connectivity index (χ1n) is 8.33. The number of benzene rings is 1. The van der Waals surface area contributed by atoms with Crippen molar-refractivity contribution in [1.29, 1.82) is 0 Å². The summed E-state index contributed by atoms with van der Waals surface area (Å²) in [5.74, 6) is -0.581. The minimum atomic E-state index is -1.09. The quantitative estimate of drug-likeness (QED) is 0.456. The second-order valence-electron chi connectivity index (χ2n) is 5.58. The number of aromatic hydroxyl groups is 2. The number of allylic oxidation sites excluding steroid dienone is 2. The summed E-state index contributed by atoms with van der Waals surface area (Å²) < 4.78 is 0. The van der Waals surface area contributed by atoms with E-state index in [9.17, 15) is 20.1 Å². The maximum absolute atomic E-state index is 11.1. The van der Waals surface area contributed by atoms with Crippen molar-refractivity contribution in [2.75, 3.05) is 0 Å². The minimum Gasteiger partial charge on any atom is -0.507 e. The molecule has 0 aromatic heterocycles. The summed E-state index contributed by atoms with van der Waals surface area (Å²) in [6.07, 6.45) is 5.54. The van der Waals surface area contributed by atoms with Gasteiger partial charge in [-0.3, -0.25) is 4.79 Å². The van der Waals surface area contributed by atoms with Crippen molar-refractivity contribution in [1.82, 2.24) is 0 Å². The molecule has 0 saturated heterocycles. The molecular formula is C19H29ClO4. The van der Waals surface area contributed by atoms with Crippen molar-refractivity contribution in [2.24, 2.45) is 5.92 Å². The maximum atomic E-state index is 11.1. The van der Waals surface area contributed by atoms with Gasteiger partial charge in [0.05, 0.1) is 22.3 Å². The zero-order valence-electron chi connectivity index (χ0n) is 15.1. The molecule has 0 aliphatic carbocycles. The molecule has 1 aromatic carbocycles. The number of rotatable bonds is 7. The van der Waals surface area contributed by atoms with Crippen LogP contribution in [0.5, 0.6) is 11.5 Å². The van der Waals surface area contributed by atoms with Gasteiger partial charge < -0.3 is 15.3 Å². The summed E-state index contributed by atoms with van der Waals surface area (Å²) in [4.78, 5) is 11.1. The second kappa shape index (κ2) is 11.1. The molecule has 0 aliphatic heterocycles. The predicted molar refractivity (Wildman–Crippen MR) is 99.0 cm³/mol. The van der Waals surface area contributed by atoms with Crippen molar-refractivity contribution in [3.05, 3.63) is 33.9 Å². The third-order valence-electron chi connectivity index (χ3n) is 3.85. The van der Waals surface area contributed by atoms with E-state index in [1.807, 2.05) is 39.8 Å². The predicted octanol–water partition coefficient (Wildman–Crippen LogP) is 5.31. The van der Waals surface area contributed by atoms with Crippen LogP contribution in [0.4, 0.5) is 0 Å². The molecule has 0 heterocycles. The number of carbonyl (C=O) groups excluding carboxylic acids is 1. The van der Waals surface area contributed by atoms with E-state index in [-0.39, 0.29) is 27.8 Å². The number of aldehydes is 1. The minimum absolute atomic E-state index is 0.00146. The average molecular weight is 357 g/mol. The van der Waals surface area contributed by atoms with Crippen molar-refractivity contribution >= 4 is 17.9 Å². The Kier molecular flexibility index (Phi) is 10.4. The standard InChI is InChI=1S/C17H23ClO4.C2H6/c1-4-5-6-7-10(2)8-13(20)14-16(21)12(9-19)11(3)15(18)17(14)22;1-2/h4-5,9-10,13,20-22H,6-8H2,1-3H3;1-2H3/b5-4+;. The first kappa shape index (κ1) is 22.5. The van der Waals surface area contributed by atoms with Gasteiger partial charge in [-0.25, -0.2) is 0 Å². The van der Waals surface area contributed by atoms with Gasteiger partial charge in [-0.1, -0.05) is 44.5 Å². The van der Waals surface area contributed by atoms with Crippen molar-refractivity contribution < 1.29 is 20.1 Å². The summed E-state index contributed by atoms with van der Waals surface area (Å²) in [5, 5.41) is 30.6. The lowest BCUT2D eigenvalue weighted by Crippen LogP contribution is -2.07. The van der Waals surface area contributed by atoms with Crippen LogP contribution in [0.3, 0.4) is 0 Å². The fourth-order valence-corrected chi connectivity index (χ4v) is 2.68. The largest absolute Gasteiger partial charge is 0.507 e. The summed E-state index contributed by atoms with van der Waals surface area (Å²) in [5.41, 5.74) is 0.220. The molecule has 0 saturated carbocycles. The summed E-state index contributed by atoms with van der Waals surface area (Å²) >= 11 is 5.98. The smallest absolute Gasteiger partial charge is 0.154 e. The normalized spacial score (nSPS) is 13.3. The van der Waals surface area contributed by atoms with Crippen LogP contribution in [0.2, 0.25) is 5.02 Å². The molecule has 3 N–H and O–H groups in total. The zero-order chi connectivity index (χ0) is 18.9. The zero-order valence-corrected chi connectivity index (χ0v) is 15.9. The number of aliphatic hydroxyl groups excluding tert-OH is 1. The van der Waals surface area contributed by atoms with E-state index in [2.05, 4.69) is 0 Å². The lowest BCUT2D eigenvalue weighted by atomic mass is 9.91. The number of hydrogen-bond donors (Lipinski definition) is 3. The van der Waals surface area contributed by atoms with Gasteiger partial charge in [0.2, 0.25) is 0 Å². The van der Waals surface area contributed by atoms with E-state index in [1.165, 1.54) is 6.92 Å². The van der Waals surface area contributed by atoms with E-state index in [0.717, 1.165) is 12.8 Å². The first-order chi connectivity index (χ1) is 11.3. The van der Waals surface area contributed by atoms with Crippen LogP contribution >= 0.6 is 11.6 Å². The Bertz CT molecular complexity index is 567. The molecule has 1 rings (SSSR count). The van der Waals surface area contributed by atoms with Crippen LogP contribution in [0.15, 0.2) is 12.2 Å². The highest BCUT2D eigenvalue weighted by molar-refractivity contribution is 6.33. The Labute approximate surface area is 149 Å². The summed E-state index contributed by atoms with van der Waals surface area (Å²) in [7, 11) is 0. The molecular weight excluding hydrogens is 328 g/mol. The van der Waals surface area contributed by atoms with Crippen molar-refractivity contribution in [3.63, 3.8) is 0 Å². The molecule has 0 amide bonds. The number of phenols is 2. The molecule has 136 valence electrons. The van der Waals surface area contributed by atoms with Crippen LogP contribution < -0.4 is 0 Å². The molecule has 1 aromatic rings. The summed E-state index contributed by atoms with van der Waals surface area (Å²) in [6.45, 7) is 9.46. The van der Waals surface area contributed by atoms with Gasteiger partial charge >= 0.3 is 0 Å². The lowest BCUT2D eigenvalue weighted by Gasteiger charge is -2.20. The number of phenolic OH excluding ortho intramolecular Hbond substituents is 2. The van der Waals surface area contributed by atoms with E-state index < -0.39 is 11.9 Å². The van der Waals surface area contributed by atoms with E-state index >= 15 is 0 Å². The highest BCUT2D eigenvalue weighted by atomic mass is 35.5. The third kappa shape index (κ3) is 5.53. The molecule has 2 unspecified atom stereocenters. The van der Waals surface area contributed by atoms with Crippen molar-refractivity contribution in [2.45, 2.75) is 60.0 Å². The Hall–Kier alpha value is -1.52. The molecule has 0 radical (unpaired) electrons.